The largest absolute Gasteiger partial charge is 0.352 e. The fourth-order valence-electron chi connectivity index (χ4n) is 3.09. The quantitative estimate of drug-likeness (QED) is 0.223. The van der Waals surface area contributed by atoms with Crippen LogP contribution in [-0.4, -0.2) is 22.6 Å². The average molecular weight is 517 g/mol. The molecule has 2 heterocycles. The molecular weight excluding hydrogens is 493 g/mol. The summed E-state index contributed by atoms with van der Waals surface area (Å²) in [6.45, 7) is 2.34. The molecule has 0 fully saturated rings. The van der Waals surface area contributed by atoms with Gasteiger partial charge in [-0.05, 0) is 34.7 Å². The van der Waals surface area contributed by atoms with Crippen molar-refractivity contribution in [1.29, 1.82) is 0 Å². The van der Waals surface area contributed by atoms with E-state index in [1.165, 1.54) is 16.0 Å². The summed E-state index contributed by atoms with van der Waals surface area (Å²) < 4.78 is 2.18. The van der Waals surface area contributed by atoms with Gasteiger partial charge < -0.3 is 15.2 Å². The van der Waals surface area contributed by atoms with E-state index in [-0.39, 0.29) is 24.0 Å². The fourth-order valence-corrected chi connectivity index (χ4v) is 3.73. The van der Waals surface area contributed by atoms with Gasteiger partial charge in [0.1, 0.15) is 0 Å². The number of para-hydroxylation sites is 2. The van der Waals surface area contributed by atoms with Crippen LogP contribution < -0.4 is 10.6 Å². The summed E-state index contributed by atoms with van der Waals surface area (Å²) in [5.41, 5.74) is 4.67. The Kier molecular flexibility index (Phi) is 7.65. The number of halogens is 1. The Morgan fingerprint density at radius 1 is 0.966 bits per heavy atom. The van der Waals surface area contributed by atoms with Crippen molar-refractivity contribution in [3.05, 3.63) is 88.4 Å². The first-order valence-corrected chi connectivity index (χ1v) is 10.1. The first-order valence-electron chi connectivity index (χ1n) is 9.26. The summed E-state index contributed by atoms with van der Waals surface area (Å²) in [5.74, 6) is 0.808. The van der Waals surface area contributed by atoms with Crippen molar-refractivity contribution in [1.82, 2.24) is 20.2 Å². The summed E-state index contributed by atoms with van der Waals surface area (Å²) in [6.07, 6.45) is 1.91. The van der Waals surface area contributed by atoms with Crippen molar-refractivity contribution in [3.8, 4) is 0 Å². The third-order valence-corrected chi connectivity index (χ3v) is 5.47. The van der Waals surface area contributed by atoms with Crippen LogP contribution in [0.5, 0.6) is 0 Å². The van der Waals surface area contributed by atoms with Gasteiger partial charge in [0.05, 0.1) is 23.9 Å². The molecule has 2 N–H and O–H groups in total. The van der Waals surface area contributed by atoms with Crippen molar-refractivity contribution >= 4 is 52.3 Å². The number of benzene rings is 2. The number of aliphatic imine (C=N–C) groups is 1. The molecule has 0 atom stereocenters. The molecule has 0 aliphatic rings. The lowest BCUT2D eigenvalue weighted by atomic mass is 10.1. The lowest BCUT2D eigenvalue weighted by Crippen LogP contribution is -2.36. The zero-order valence-electron chi connectivity index (χ0n) is 16.2. The highest BCUT2D eigenvalue weighted by molar-refractivity contribution is 14.0. The molecule has 4 aromatic rings. The van der Waals surface area contributed by atoms with Crippen LogP contribution in [0, 0.1) is 0 Å². The Morgan fingerprint density at radius 2 is 1.72 bits per heavy atom. The number of hydrogen-bond acceptors (Lipinski definition) is 3. The normalized spacial score (nSPS) is 11.3. The third kappa shape index (κ3) is 5.57. The Balaban J connectivity index is 0.00000240. The van der Waals surface area contributed by atoms with E-state index in [9.17, 15) is 0 Å². The minimum absolute atomic E-state index is 0. The predicted molar refractivity (Wildman–Crippen MR) is 132 cm³/mol. The predicted octanol–water partition coefficient (Wildman–Crippen LogP) is 4.63. The smallest absolute Gasteiger partial charge is 0.191 e. The molecule has 2 aromatic heterocycles. The molecule has 0 aliphatic heterocycles. The summed E-state index contributed by atoms with van der Waals surface area (Å²) in [6, 6.07) is 21.1. The third-order valence-electron chi connectivity index (χ3n) is 4.60. The van der Waals surface area contributed by atoms with Crippen LogP contribution in [0.15, 0.2) is 77.4 Å². The van der Waals surface area contributed by atoms with Crippen LogP contribution in [0.4, 0.5) is 0 Å². The molecule has 4 rings (SSSR count). The van der Waals surface area contributed by atoms with E-state index in [1.807, 2.05) is 18.5 Å². The van der Waals surface area contributed by atoms with Gasteiger partial charge in [-0.3, -0.25) is 4.99 Å². The van der Waals surface area contributed by atoms with Gasteiger partial charge in [-0.25, -0.2) is 4.98 Å². The van der Waals surface area contributed by atoms with Crippen molar-refractivity contribution in [2.45, 2.75) is 19.6 Å². The molecule has 0 unspecified atom stereocenters. The van der Waals surface area contributed by atoms with Crippen LogP contribution in [0.1, 0.15) is 16.0 Å². The maximum absolute atomic E-state index is 4.46. The second kappa shape index (κ2) is 10.4. The number of fused-ring (bicyclic) bond motifs is 1. The molecule has 0 bridgehead atoms. The van der Waals surface area contributed by atoms with Crippen LogP contribution in [0.25, 0.3) is 11.0 Å². The van der Waals surface area contributed by atoms with E-state index in [0.717, 1.165) is 36.6 Å². The standard InChI is InChI=1S/C22H23N5S.HI/c1-23-22(25-14-19-5-4-12-28-19)24-13-17-8-10-18(11-9-17)15-27-16-26-20-6-2-3-7-21(20)27;/h2-12,16H,13-15H2,1H3,(H2,23,24,25);1H. The number of guanidine groups is 1. The van der Waals surface area contributed by atoms with Gasteiger partial charge in [-0.2, -0.15) is 0 Å². The van der Waals surface area contributed by atoms with Crippen molar-refractivity contribution in [2.75, 3.05) is 7.05 Å². The zero-order valence-corrected chi connectivity index (χ0v) is 19.4. The van der Waals surface area contributed by atoms with E-state index in [4.69, 9.17) is 0 Å². The second-order valence-electron chi connectivity index (χ2n) is 6.54. The number of imidazole rings is 1. The van der Waals surface area contributed by atoms with Gasteiger partial charge >= 0.3 is 0 Å². The van der Waals surface area contributed by atoms with Crippen LogP contribution >= 0.6 is 35.3 Å². The topological polar surface area (TPSA) is 54.2 Å². The van der Waals surface area contributed by atoms with E-state index >= 15 is 0 Å². The zero-order chi connectivity index (χ0) is 19.2. The van der Waals surface area contributed by atoms with Crippen LogP contribution in [0.2, 0.25) is 0 Å². The number of nitrogens with one attached hydrogen (secondary N) is 2. The van der Waals surface area contributed by atoms with Crippen molar-refractivity contribution < 1.29 is 0 Å². The lowest BCUT2D eigenvalue weighted by molar-refractivity contribution is 0.809. The maximum Gasteiger partial charge on any atom is 0.191 e. The van der Waals surface area contributed by atoms with Gasteiger partial charge in [-0.15, -0.1) is 35.3 Å². The molecule has 5 nitrogen and oxygen atoms in total. The lowest BCUT2D eigenvalue weighted by Gasteiger charge is -2.12. The Bertz CT molecular complexity index is 1050. The van der Waals surface area contributed by atoms with Gasteiger partial charge in [0.25, 0.3) is 0 Å². The molecule has 2 aromatic carbocycles. The fraction of sp³-hybridized carbons (Fsp3) is 0.182. The van der Waals surface area contributed by atoms with Crippen molar-refractivity contribution in [3.63, 3.8) is 0 Å². The first-order chi connectivity index (χ1) is 13.8. The molecule has 0 saturated heterocycles. The Hall–Kier alpha value is -2.39. The summed E-state index contributed by atoms with van der Waals surface area (Å²) in [4.78, 5) is 10.0. The first kappa shape index (κ1) is 21.3. The number of thiophene rings is 1. The highest BCUT2D eigenvalue weighted by atomic mass is 127. The highest BCUT2D eigenvalue weighted by Gasteiger charge is 2.03. The molecule has 0 spiro atoms. The minimum Gasteiger partial charge on any atom is -0.352 e. The molecule has 29 heavy (non-hydrogen) atoms. The molecule has 0 radical (unpaired) electrons. The van der Waals surface area contributed by atoms with Crippen molar-refractivity contribution in [2.24, 2.45) is 4.99 Å². The minimum atomic E-state index is 0. The van der Waals surface area contributed by atoms with Gasteiger partial charge in [0.2, 0.25) is 0 Å². The van der Waals surface area contributed by atoms with Crippen LogP contribution in [0.3, 0.4) is 0 Å². The van der Waals surface area contributed by atoms with Crippen LogP contribution in [-0.2, 0) is 19.6 Å². The molecular formula is C22H24IN5S. The van der Waals surface area contributed by atoms with E-state index in [1.54, 1.807) is 18.4 Å². The van der Waals surface area contributed by atoms with E-state index in [0.29, 0.717) is 0 Å². The van der Waals surface area contributed by atoms with Gasteiger partial charge in [0, 0.05) is 25.0 Å². The summed E-state index contributed by atoms with van der Waals surface area (Å²) in [5, 5.41) is 8.79. The summed E-state index contributed by atoms with van der Waals surface area (Å²) >= 11 is 1.74. The Morgan fingerprint density at radius 3 is 2.48 bits per heavy atom. The second-order valence-corrected chi connectivity index (χ2v) is 7.57. The van der Waals surface area contributed by atoms with E-state index < -0.39 is 0 Å². The van der Waals surface area contributed by atoms with E-state index in [2.05, 4.69) is 79.1 Å². The van der Waals surface area contributed by atoms with Gasteiger partial charge in [0.15, 0.2) is 5.96 Å². The molecule has 0 amide bonds. The highest BCUT2D eigenvalue weighted by Crippen LogP contribution is 2.14. The molecule has 0 saturated carbocycles. The molecule has 0 aliphatic carbocycles. The maximum atomic E-state index is 4.46. The molecule has 150 valence electrons. The number of hydrogen-bond donors (Lipinski definition) is 2. The number of rotatable bonds is 6. The number of nitrogens with zero attached hydrogens (tertiary/aromatic N) is 3. The monoisotopic (exact) mass is 517 g/mol. The average Bonchev–Trinajstić information content (AvgIpc) is 3.40. The Labute approximate surface area is 191 Å². The number of aromatic nitrogens is 2. The SMILES string of the molecule is CN=C(NCc1ccc(Cn2cnc3ccccc32)cc1)NCc1cccs1.I. The summed E-state index contributed by atoms with van der Waals surface area (Å²) in [7, 11) is 1.79. The molecule has 7 heteroatoms. The van der Waals surface area contributed by atoms with Gasteiger partial charge in [-0.1, -0.05) is 42.5 Å².